The van der Waals surface area contributed by atoms with Crippen LogP contribution in [0.1, 0.15) is 16.7 Å². The van der Waals surface area contributed by atoms with Crippen LogP contribution in [0.15, 0.2) is 30.3 Å². The molecule has 2 aromatic carbocycles. The summed E-state index contributed by atoms with van der Waals surface area (Å²) < 4.78 is 102. The number of rotatable bonds is 4. The van der Waals surface area contributed by atoms with Crippen LogP contribution < -0.4 is 4.74 Å². The van der Waals surface area contributed by atoms with Crippen LogP contribution in [-0.4, -0.2) is 7.11 Å². The number of ether oxygens (including phenoxy) is 1. The summed E-state index contributed by atoms with van der Waals surface area (Å²) in [5, 5.41) is 0. The summed E-state index contributed by atoms with van der Waals surface area (Å²) in [7, 11) is 1.24. The van der Waals surface area contributed by atoms with Crippen molar-refractivity contribution < 1.29 is 35.5 Å². The van der Waals surface area contributed by atoms with Crippen LogP contribution in [0.25, 0.3) is 0 Å². The molecule has 2 rings (SSSR count). The summed E-state index contributed by atoms with van der Waals surface area (Å²) in [6.07, 6.45) is 0. The lowest BCUT2D eigenvalue weighted by Crippen LogP contribution is -2.37. The fourth-order valence-electron chi connectivity index (χ4n) is 2.14. The van der Waals surface area contributed by atoms with Gasteiger partial charge in [0.15, 0.2) is 11.6 Å². The summed E-state index contributed by atoms with van der Waals surface area (Å²) in [4.78, 5) is 0. The Bertz CT molecular complexity index is 754. The van der Waals surface area contributed by atoms with E-state index in [4.69, 9.17) is 4.74 Å². The standard InChI is InChI=1S/C16H11F7O/c1-8-7-11(17)12(14(19)13(8)18)16(22,23)15(20,21)9-3-5-10(24-2)6-4-9/h3-7H,1-2H3. The van der Waals surface area contributed by atoms with Gasteiger partial charge in [-0.25, -0.2) is 13.2 Å². The lowest BCUT2D eigenvalue weighted by molar-refractivity contribution is -0.226. The van der Waals surface area contributed by atoms with E-state index in [1.165, 1.54) is 7.11 Å². The highest BCUT2D eigenvalue weighted by molar-refractivity contribution is 5.36. The maximum atomic E-state index is 14.2. The van der Waals surface area contributed by atoms with Crippen molar-refractivity contribution in [1.82, 2.24) is 0 Å². The number of hydrogen-bond donors (Lipinski definition) is 0. The Balaban J connectivity index is 2.61. The fraction of sp³-hybridized carbons (Fsp3) is 0.250. The molecule has 0 aliphatic carbocycles. The van der Waals surface area contributed by atoms with E-state index in [9.17, 15) is 30.7 Å². The molecule has 0 spiro atoms. The third-order valence-corrected chi connectivity index (χ3v) is 3.50. The molecule has 0 fully saturated rings. The molecular formula is C16H11F7O. The van der Waals surface area contributed by atoms with Crippen LogP contribution in [-0.2, 0) is 11.8 Å². The monoisotopic (exact) mass is 352 g/mol. The molecule has 0 aromatic heterocycles. The highest BCUT2D eigenvalue weighted by Gasteiger charge is 2.61. The van der Waals surface area contributed by atoms with Gasteiger partial charge in [-0.1, -0.05) is 0 Å². The van der Waals surface area contributed by atoms with Crippen LogP contribution in [0.5, 0.6) is 5.75 Å². The Morgan fingerprint density at radius 3 is 1.88 bits per heavy atom. The second-order valence-electron chi connectivity index (χ2n) is 5.06. The molecular weight excluding hydrogens is 341 g/mol. The van der Waals surface area contributed by atoms with Gasteiger partial charge in [-0.15, -0.1) is 0 Å². The molecule has 0 amide bonds. The molecule has 24 heavy (non-hydrogen) atoms. The maximum Gasteiger partial charge on any atom is 0.345 e. The largest absolute Gasteiger partial charge is 0.497 e. The number of hydrogen-bond acceptors (Lipinski definition) is 1. The molecule has 0 N–H and O–H groups in total. The van der Waals surface area contributed by atoms with Crippen molar-refractivity contribution in [2.75, 3.05) is 7.11 Å². The quantitative estimate of drug-likeness (QED) is 0.536. The summed E-state index contributed by atoms with van der Waals surface area (Å²) >= 11 is 0. The summed E-state index contributed by atoms with van der Waals surface area (Å²) in [5.41, 5.74) is -4.13. The first-order valence-corrected chi connectivity index (χ1v) is 6.58. The normalized spacial score (nSPS) is 12.4. The minimum Gasteiger partial charge on any atom is -0.497 e. The zero-order valence-corrected chi connectivity index (χ0v) is 12.4. The Hall–Kier alpha value is -2.25. The van der Waals surface area contributed by atoms with Gasteiger partial charge in [-0.3, -0.25) is 0 Å². The van der Waals surface area contributed by atoms with Crippen LogP contribution >= 0.6 is 0 Å². The average Bonchev–Trinajstić information content (AvgIpc) is 2.52. The minimum atomic E-state index is -5.32. The van der Waals surface area contributed by atoms with Crippen LogP contribution in [0.4, 0.5) is 30.7 Å². The number of methoxy groups -OCH3 is 1. The van der Waals surface area contributed by atoms with E-state index in [2.05, 4.69) is 0 Å². The molecule has 2 aromatic rings. The number of benzene rings is 2. The van der Waals surface area contributed by atoms with E-state index in [1.54, 1.807) is 0 Å². The van der Waals surface area contributed by atoms with E-state index >= 15 is 0 Å². The maximum absolute atomic E-state index is 14.2. The molecule has 0 atom stereocenters. The van der Waals surface area contributed by atoms with Gasteiger partial charge >= 0.3 is 11.8 Å². The Morgan fingerprint density at radius 2 is 1.38 bits per heavy atom. The number of alkyl halides is 4. The zero-order valence-electron chi connectivity index (χ0n) is 12.4. The fourth-order valence-corrected chi connectivity index (χ4v) is 2.14. The number of aryl methyl sites for hydroxylation is 1. The second-order valence-corrected chi connectivity index (χ2v) is 5.06. The number of halogens is 7. The Kier molecular flexibility index (Phi) is 4.52. The summed E-state index contributed by atoms with van der Waals surface area (Å²) in [6.45, 7) is 0.922. The summed E-state index contributed by atoms with van der Waals surface area (Å²) in [6, 6.07) is 3.48. The molecule has 0 heterocycles. The smallest absolute Gasteiger partial charge is 0.345 e. The first kappa shape index (κ1) is 18.1. The van der Waals surface area contributed by atoms with Crippen LogP contribution in [0.3, 0.4) is 0 Å². The third kappa shape index (κ3) is 2.70. The van der Waals surface area contributed by atoms with Gasteiger partial charge in [-0.2, -0.15) is 17.6 Å². The van der Waals surface area contributed by atoms with Crippen molar-refractivity contribution in [2.45, 2.75) is 18.8 Å². The van der Waals surface area contributed by atoms with E-state index in [-0.39, 0.29) is 11.8 Å². The highest BCUT2D eigenvalue weighted by atomic mass is 19.3. The molecule has 0 saturated carbocycles. The molecule has 0 unspecified atom stereocenters. The van der Waals surface area contributed by atoms with Crippen molar-refractivity contribution in [3.63, 3.8) is 0 Å². The minimum absolute atomic E-state index is 0.122. The first-order valence-electron chi connectivity index (χ1n) is 6.58. The molecule has 0 radical (unpaired) electrons. The van der Waals surface area contributed by atoms with Gasteiger partial charge in [0.05, 0.1) is 7.11 Å². The van der Waals surface area contributed by atoms with Gasteiger partial charge < -0.3 is 4.74 Å². The van der Waals surface area contributed by atoms with E-state index in [0.717, 1.165) is 19.1 Å². The Morgan fingerprint density at radius 1 is 0.833 bits per heavy atom. The molecule has 0 bridgehead atoms. The van der Waals surface area contributed by atoms with Gasteiger partial charge in [0.2, 0.25) is 0 Å². The summed E-state index contributed by atoms with van der Waals surface area (Å²) in [5.74, 6) is -16.3. The van der Waals surface area contributed by atoms with Gasteiger partial charge in [0.1, 0.15) is 17.1 Å². The van der Waals surface area contributed by atoms with Crippen molar-refractivity contribution in [3.8, 4) is 5.75 Å². The lowest BCUT2D eigenvalue weighted by Gasteiger charge is -2.28. The first-order chi connectivity index (χ1) is 11.0. The lowest BCUT2D eigenvalue weighted by atomic mass is 9.94. The van der Waals surface area contributed by atoms with Gasteiger partial charge in [0.25, 0.3) is 0 Å². The van der Waals surface area contributed by atoms with Crippen LogP contribution in [0.2, 0.25) is 0 Å². The van der Waals surface area contributed by atoms with Crippen molar-refractivity contribution in [1.29, 1.82) is 0 Å². The molecule has 130 valence electrons. The van der Waals surface area contributed by atoms with E-state index in [1.807, 2.05) is 0 Å². The average molecular weight is 352 g/mol. The topological polar surface area (TPSA) is 9.23 Å². The molecule has 0 aliphatic heterocycles. The second kappa shape index (κ2) is 5.99. The SMILES string of the molecule is COc1ccc(C(F)(F)C(F)(F)c2c(F)cc(C)c(F)c2F)cc1. The third-order valence-electron chi connectivity index (χ3n) is 3.50. The van der Waals surface area contributed by atoms with Crippen molar-refractivity contribution in [2.24, 2.45) is 0 Å². The van der Waals surface area contributed by atoms with Crippen molar-refractivity contribution in [3.05, 3.63) is 64.5 Å². The molecule has 8 heteroatoms. The highest BCUT2D eigenvalue weighted by Crippen LogP contribution is 2.51. The van der Waals surface area contributed by atoms with Gasteiger partial charge in [0, 0.05) is 5.56 Å². The molecule has 1 nitrogen and oxygen atoms in total. The zero-order chi connectivity index (χ0) is 18.3. The molecule has 0 aliphatic rings. The predicted octanol–water partition coefficient (Wildman–Crippen LogP) is 5.30. The van der Waals surface area contributed by atoms with E-state index < -0.39 is 46.0 Å². The Labute approximate surface area is 132 Å². The van der Waals surface area contributed by atoms with Crippen LogP contribution in [0, 0.1) is 24.4 Å². The van der Waals surface area contributed by atoms with Crippen molar-refractivity contribution >= 4 is 0 Å². The predicted molar refractivity (Wildman–Crippen MR) is 71.8 cm³/mol. The van der Waals surface area contributed by atoms with Gasteiger partial charge in [-0.05, 0) is 42.8 Å². The molecule has 0 saturated heterocycles. The van der Waals surface area contributed by atoms with E-state index in [0.29, 0.717) is 12.1 Å².